The van der Waals surface area contributed by atoms with Gasteiger partial charge in [-0.25, -0.2) is 0 Å². The summed E-state index contributed by atoms with van der Waals surface area (Å²) in [5, 5.41) is 22.1. The molecule has 0 spiro atoms. The number of amides is 1. The normalized spacial score (nSPS) is 10.4. The Morgan fingerprint density at radius 3 is 2.83 bits per heavy atom. The molecule has 1 aromatic carbocycles. The van der Waals surface area contributed by atoms with Gasteiger partial charge in [-0.15, -0.1) is 11.6 Å². The van der Waals surface area contributed by atoms with Gasteiger partial charge in [-0.05, 0) is 18.6 Å². The number of hydrogen-bond donors (Lipinski definition) is 2. The van der Waals surface area contributed by atoms with E-state index in [1.807, 2.05) is 6.07 Å². The van der Waals surface area contributed by atoms with Crippen LogP contribution in [0.15, 0.2) is 29.1 Å². The Kier molecular flexibility index (Phi) is 5.61. The quantitative estimate of drug-likeness (QED) is 0.624. The second-order valence-electron chi connectivity index (χ2n) is 4.90. The van der Waals surface area contributed by atoms with Gasteiger partial charge >= 0.3 is 0 Å². The highest BCUT2D eigenvalue weighted by Crippen LogP contribution is 2.26. The van der Waals surface area contributed by atoms with E-state index in [9.17, 15) is 14.7 Å². The minimum Gasteiger partial charge on any atom is -0.506 e. The first kappa shape index (κ1) is 16.8. The summed E-state index contributed by atoms with van der Waals surface area (Å²) < 4.78 is 1.34. The van der Waals surface area contributed by atoms with Gasteiger partial charge in [-0.3, -0.25) is 9.59 Å². The van der Waals surface area contributed by atoms with Crippen LogP contribution in [0.4, 0.5) is 0 Å². The molecule has 1 amide bonds. The molecule has 0 aliphatic heterocycles. The number of aromatic nitrogens is 1. The molecule has 0 bridgehead atoms. The Hall–Kier alpha value is -2.52. The number of nitrogens with zero attached hydrogens (tertiary/aromatic N) is 2. The molecule has 1 aromatic heterocycles. The number of hydrogen-bond acceptors (Lipinski definition) is 4. The Morgan fingerprint density at radius 2 is 2.13 bits per heavy atom. The van der Waals surface area contributed by atoms with Crippen molar-refractivity contribution in [3.63, 3.8) is 0 Å². The third kappa shape index (κ3) is 3.46. The summed E-state index contributed by atoms with van der Waals surface area (Å²) in [4.78, 5) is 24.8. The Bertz CT molecular complexity index is 824. The highest BCUT2D eigenvalue weighted by molar-refractivity contribution is 6.17. The number of aryl methyl sites for hydroxylation is 1. The number of rotatable bonds is 6. The van der Waals surface area contributed by atoms with Crippen molar-refractivity contribution in [2.75, 3.05) is 12.4 Å². The lowest BCUT2D eigenvalue weighted by atomic mass is 10.1. The molecule has 120 valence electrons. The molecule has 0 aliphatic carbocycles. The molecule has 0 saturated heterocycles. The summed E-state index contributed by atoms with van der Waals surface area (Å²) in [5.41, 5.74) is -0.432. The van der Waals surface area contributed by atoms with E-state index in [0.717, 1.165) is 0 Å². The van der Waals surface area contributed by atoms with Gasteiger partial charge in [0.2, 0.25) is 0 Å². The van der Waals surface area contributed by atoms with Crippen LogP contribution in [0.3, 0.4) is 0 Å². The second-order valence-corrected chi connectivity index (χ2v) is 5.28. The average Bonchev–Trinajstić information content (AvgIpc) is 2.55. The first-order valence-corrected chi connectivity index (χ1v) is 7.71. The molecule has 0 saturated carbocycles. The van der Waals surface area contributed by atoms with E-state index in [4.69, 9.17) is 16.9 Å². The Morgan fingerprint density at radius 1 is 1.39 bits per heavy atom. The van der Waals surface area contributed by atoms with Crippen LogP contribution in [0.5, 0.6) is 5.75 Å². The van der Waals surface area contributed by atoms with E-state index >= 15 is 0 Å². The highest BCUT2D eigenvalue weighted by atomic mass is 35.5. The molecule has 1 heterocycles. The van der Waals surface area contributed by atoms with Crippen LogP contribution >= 0.6 is 11.6 Å². The lowest BCUT2D eigenvalue weighted by Crippen LogP contribution is -2.34. The average molecular weight is 334 g/mol. The van der Waals surface area contributed by atoms with Gasteiger partial charge in [0.15, 0.2) is 0 Å². The largest absolute Gasteiger partial charge is 0.506 e. The Labute approximate surface area is 137 Å². The summed E-state index contributed by atoms with van der Waals surface area (Å²) >= 11 is 5.56. The predicted molar refractivity (Wildman–Crippen MR) is 87.8 cm³/mol. The topological polar surface area (TPSA) is 95.1 Å². The van der Waals surface area contributed by atoms with Crippen molar-refractivity contribution in [3.05, 3.63) is 40.2 Å². The fraction of sp³-hybridized carbons (Fsp3) is 0.312. The number of carbonyl (C=O) groups excluding carboxylic acids is 1. The van der Waals surface area contributed by atoms with Crippen molar-refractivity contribution in [3.8, 4) is 11.8 Å². The maximum Gasteiger partial charge on any atom is 0.267 e. The summed E-state index contributed by atoms with van der Waals surface area (Å²) in [5.74, 6) is -0.604. The molecular formula is C16H16ClN3O3. The molecule has 0 radical (unpaired) electrons. The van der Waals surface area contributed by atoms with Gasteiger partial charge in [0, 0.05) is 24.4 Å². The van der Waals surface area contributed by atoms with Crippen LogP contribution in [0.2, 0.25) is 0 Å². The summed E-state index contributed by atoms with van der Waals surface area (Å²) in [6.07, 6.45) is 0.687. The van der Waals surface area contributed by atoms with Crippen molar-refractivity contribution in [1.82, 2.24) is 9.88 Å². The van der Waals surface area contributed by atoms with Crippen LogP contribution < -0.4 is 10.9 Å². The monoisotopic (exact) mass is 333 g/mol. The molecule has 6 nitrogen and oxygen atoms in total. The van der Waals surface area contributed by atoms with E-state index in [2.05, 4.69) is 5.32 Å². The number of halogens is 1. The number of nitriles is 1. The number of aromatic hydroxyl groups is 1. The molecule has 0 fully saturated rings. The maximum atomic E-state index is 12.6. The van der Waals surface area contributed by atoms with Gasteiger partial charge < -0.3 is 15.0 Å². The lowest BCUT2D eigenvalue weighted by Gasteiger charge is -2.14. The molecular weight excluding hydrogens is 318 g/mol. The third-order valence-electron chi connectivity index (χ3n) is 3.42. The third-order valence-corrected chi connectivity index (χ3v) is 3.68. The first-order chi connectivity index (χ1) is 11.1. The highest BCUT2D eigenvalue weighted by Gasteiger charge is 2.21. The molecule has 0 atom stereocenters. The van der Waals surface area contributed by atoms with Crippen molar-refractivity contribution >= 4 is 28.4 Å². The molecule has 2 rings (SSSR count). The van der Waals surface area contributed by atoms with E-state index in [1.54, 1.807) is 24.3 Å². The van der Waals surface area contributed by atoms with Crippen molar-refractivity contribution in [1.29, 1.82) is 5.26 Å². The van der Waals surface area contributed by atoms with E-state index < -0.39 is 11.5 Å². The zero-order valence-electron chi connectivity index (χ0n) is 12.4. The van der Waals surface area contributed by atoms with Crippen LogP contribution in [-0.4, -0.2) is 28.0 Å². The fourth-order valence-corrected chi connectivity index (χ4v) is 2.47. The zero-order chi connectivity index (χ0) is 16.8. The van der Waals surface area contributed by atoms with Gasteiger partial charge in [0.25, 0.3) is 11.5 Å². The van der Waals surface area contributed by atoms with Crippen molar-refractivity contribution < 1.29 is 9.90 Å². The van der Waals surface area contributed by atoms with Crippen molar-refractivity contribution in [2.45, 2.75) is 19.4 Å². The maximum absolute atomic E-state index is 12.6. The molecule has 7 heteroatoms. The van der Waals surface area contributed by atoms with E-state index in [0.29, 0.717) is 29.7 Å². The zero-order valence-corrected chi connectivity index (χ0v) is 13.1. The number of benzene rings is 1. The van der Waals surface area contributed by atoms with Crippen molar-refractivity contribution in [2.24, 2.45) is 0 Å². The number of alkyl halides is 1. The van der Waals surface area contributed by atoms with Crippen LogP contribution in [0.1, 0.15) is 23.2 Å². The van der Waals surface area contributed by atoms with Gasteiger partial charge in [-0.2, -0.15) is 5.26 Å². The van der Waals surface area contributed by atoms with E-state index in [1.165, 1.54) is 4.57 Å². The number of pyridine rings is 1. The molecule has 0 unspecified atom stereocenters. The smallest absolute Gasteiger partial charge is 0.267 e. The summed E-state index contributed by atoms with van der Waals surface area (Å²) in [6, 6.07) is 8.70. The summed E-state index contributed by atoms with van der Waals surface area (Å²) in [6.45, 7) is 0.463. The first-order valence-electron chi connectivity index (χ1n) is 7.17. The molecule has 23 heavy (non-hydrogen) atoms. The minimum atomic E-state index is -0.644. The summed E-state index contributed by atoms with van der Waals surface area (Å²) in [7, 11) is 0. The Balaban J connectivity index is 2.58. The van der Waals surface area contributed by atoms with Gasteiger partial charge in [0.1, 0.15) is 11.3 Å². The van der Waals surface area contributed by atoms with Crippen LogP contribution in [0.25, 0.3) is 10.9 Å². The van der Waals surface area contributed by atoms with Crippen LogP contribution in [0, 0.1) is 11.3 Å². The predicted octanol–water partition coefficient (Wildman–Crippen LogP) is 1.98. The van der Waals surface area contributed by atoms with Gasteiger partial charge in [0.05, 0.1) is 18.0 Å². The SMILES string of the molecule is N#CCCn1c(=O)c(C(=O)NCCCCl)c(O)c2ccccc21. The number of para-hydroxylation sites is 1. The second kappa shape index (κ2) is 7.65. The number of fused-ring (bicyclic) bond motifs is 1. The molecule has 2 aromatic rings. The number of nitrogens with one attached hydrogen (secondary N) is 1. The fourth-order valence-electron chi connectivity index (χ4n) is 2.34. The molecule has 2 N–H and O–H groups in total. The number of carbonyl (C=O) groups is 1. The standard InChI is InChI=1S/C16H16ClN3O3/c17-7-3-9-19-15(22)13-14(21)11-5-1-2-6-12(11)20(16(13)23)10-4-8-18/h1-2,5-6,21H,3-4,7,9-10H2,(H,19,22). The van der Waals surface area contributed by atoms with E-state index in [-0.39, 0.29) is 24.3 Å². The van der Waals surface area contributed by atoms with Crippen LogP contribution in [-0.2, 0) is 6.54 Å². The minimum absolute atomic E-state index is 0.127. The van der Waals surface area contributed by atoms with Gasteiger partial charge in [-0.1, -0.05) is 12.1 Å². The molecule has 0 aliphatic rings. The lowest BCUT2D eigenvalue weighted by molar-refractivity contribution is 0.0949.